The Hall–Kier alpha value is -1.19. The van der Waals surface area contributed by atoms with Crippen LogP contribution < -0.4 is 10.9 Å². The first-order valence-corrected chi connectivity index (χ1v) is 8.22. The van der Waals surface area contributed by atoms with Crippen molar-refractivity contribution in [2.45, 2.75) is 13.1 Å². The van der Waals surface area contributed by atoms with Gasteiger partial charge in [-0.1, -0.05) is 0 Å². The standard InChI is InChI=1S/C12H11Br2N3O3S/c1-20-10(18)6-17-12(19)11(14)8(5-16-17)15-4-7-2-3-9(13)21-7/h2-3,5,15H,4,6H2,1H3. The van der Waals surface area contributed by atoms with E-state index in [1.54, 1.807) is 11.3 Å². The molecule has 2 aromatic heterocycles. The summed E-state index contributed by atoms with van der Waals surface area (Å²) in [5, 5.41) is 7.08. The summed E-state index contributed by atoms with van der Waals surface area (Å²) in [6.07, 6.45) is 1.50. The first-order chi connectivity index (χ1) is 10.0. The highest BCUT2D eigenvalue weighted by atomic mass is 79.9. The summed E-state index contributed by atoms with van der Waals surface area (Å²) in [6.45, 7) is 0.364. The van der Waals surface area contributed by atoms with E-state index < -0.39 is 11.5 Å². The van der Waals surface area contributed by atoms with Gasteiger partial charge in [0.15, 0.2) is 0 Å². The number of methoxy groups -OCH3 is 1. The average molecular weight is 437 g/mol. The van der Waals surface area contributed by atoms with Crippen molar-refractivity contribution in [1.82, 2.24) is 9.78 Å². The van der Waals surface area contributed by atoms with E-state index in [1.807, 2.05) is 12.1 Å². The first-order valence-electron chi connectivity index (χ1n) is 5.81. The van der Waals surface area contributed by atoms with Crippen LogP contribution in [-0.4, -0.2) is 22.9 Å². The molecular weight excluding hydrogens is 426 g/mol. The molecule has 0 fully saturated rings. The Kier molecular flexibility index (Phi) is 5.54. The molecule has 21 heavy (non-hydrogen) atoms. The van der Waals surface area contributed by atoms with Gasteiger partial charge in [0.1, 0.15) is 11.0 Å². The van der Waals surface area contributed by atoms with Crippen LogP contribution in [0.2, 0.25) is 0 Å². The summed E-state index contributed by atoms with van der Waals surface area (Å²) in [6, 6.07) is 3.95. The molecule has 0 saturated heterocycles. The van der Waals surface area contributed by atoms with E-state index in [9.17, 15) is 9.59 Å². The number of aromatic nitrogens is 2. The molecule has 0 aliphatic heterocycles. The average Bonchev–Trinajstić information content (AvgIpc) is 2.88. The third kappa shape index (κ3) is 4.14. The maximum Gasteiger partial charge on any atom is 0.327 e. The number of halogens is 2. The van der Waals surface area contributed by atoms with E-state index in [2.05, 4.69) is 47.0 Å². The molecule has 0 amide bonds. The lowest BCUT2D eigenvalue weighted by molar-refractivity contribution is -0.141. The van der Waals surface area contributed by atoms with Gasteiger partial charge in [-0.15, -0.1) is 11.3 Å². The van der Waals surface area contributed by atoms with Crippen LogP contribution in [0, 0.1) is 0 Å². The predicted octanol–water partition coefficient (Wildman–Crippen LogP) is 2.61. The zero-order chi connectivity index (χ0) is 15.4. The minimum atomic E-state index is -0.527. The van der Waals surface area contributed by atoms with Gasteiger partial charge in [0, 0.05) is 11.4 Å². The number of hydrogen-bond acceptors (Lipinski definition) is 6. The number of nitrogens with zero attached hydrogens (tertiary/aromatic N) is 2. The van der Waals surface area contributed by atoms with Crippen molar-refractivity contribution in [3.8, 4) is 0 Å². The van der Waals surface area contributed by atoms with Crippen molar-refractivity contribution in [1.29, 1.82) is 0 Å². The van der Waals surface area contributed by atoms with Gasteiger partial charge in [0.05, 0.1) is 22.8 Å². The summed E-state index contributed by atoms with van der Waals surface area (Å²) in [7, 11) is 1.26. The number of rotatable bonds is 5. The Morgan fingerprint density at radius 2 is 2.24 bits per heavy atom. The lowest BCUT2D eigenvalue weighted by Gasteiger charge is -2.09. The van der Waals surface area contributed by atoms with Gasteiger partial charge in [0.25, 0.3) is 5.56 Å². The molecule has 2 heterocycles. The van der Waals surface area contributed by atoms with Crippen molar-refractivity contribution in [2.24, 2.45) is 0 Å². The highest BCUT2D eigenvalue weighted by Gasteiger charge is 2.11. The Bertz CT molecular complexity index is 714. The van der Waals surface area contributed by atoms with Crippen LogP contribution in [0.3, 0.4) is 0 Å². The molecule has 6 nitrogen and oxygen atoms in total. The highest BCUT2D eigenvalue weighted by molar-refractivity contribution is 9.11. The molecule has 9 heteroatoms. The molecule has 1 N–H and O–H groups in total. The minimum absolute atomic E-state index is 0.216. The zero-order valence-electron chi connectivity index (χ0n) is 10.9. The van der Waals surface area contributed by atoms with Crippen molar-refractivity contribution >= 4 is 54.9 Å². The fourth-order valence-corrected chi connectivity index (χ4v) is 3.39. The first kappa shape index (κ1) is 16.2. The normalized spacial score (nSPS) is 10.4. The molecule has 0 aromatic carbocycles. The van der Waals surface area contributed by atoms with E-state index in [-0.39, 0.29) is 6.54 Å². The molecule has 0 aliphatic rings. The van der Waals surface area contributed by atoms with Crippen molar-refractivity contribution in [3.63, 3.8) is 0 Å². The Balaban J connectivity index is 2.13. The lowest BCUT2D eigenvalue weighted by Crippen LogP contribution is -2.28. The smallest absolute Gasteiger partial charge is 0.327 e. The number of anilines is 1. The van der Waals surface area contributed by atoms with Crippen LogP contribution in [0.25, 0.3) is 0 Å². The largest absolute Gasteiger partial charge is 0.468 e. The van der Waals surface area contributed by atoms with E-state index >= 15 is 0 Å². The number of carbonyl (C=O) groups excluding carboxylic acids is 1. The molecule has 2 aromatic rings. The van der Waals surface area contributed by atoms with Crippen LogP contribution in [0.4, 0.5) is 5.69 Å². The number of thiophene rings is 1. The topological polar surface area (TPSA) is 73.2 Å². The summed E-state index contributed by atoms with van der Waals surface area (Å²) < 4.78 is 6.94. The molecule has 0 atom stereocenters. The molecule has 0 spiro atoms. The van der Waals surface area contributed by atoms with Crippen LogP contribution in [0.15, 0.2) is 31.4 Å². The third-order valence-electron chi connectivity index (χ3n) is 2.57. The second-order valence-corrected chi connectivity index (χ2v) is 7.31. The van der Waals surface area contributed by atoms with Crippen LogP contribution in [0.1, 0.15) is 4.88 Å². The van der Waals surface area contributed by atoms with Crippen molar-refractivity contribution < 1.29 is 9.53 Å². The Morgan fingerprint density at radius 1 is 1.48 bits per heavy atom. The third-order valence-corrected chi connectivity index (χ3v) is 4.96. The maximum atomic E-state index is 12.1. The molecule has 0 aliphatic carbocycles. The van der Waals surface area contributed by atoms with Gasteiger partial charge >= 0.3 is 5.97 Å². The number of hydrogen-bond donors (Lipinski definition) is 1. The van der Waals surface area contributed by atoms with E-state index in [4.69, 9.17) is 0 Å². The maximum absolute atomic E-state index is 12.1. The van der Waals surface area contributed by atoms with Crippen molar-refractivity contribution in [2.75, 3.05) is 12.4 Å². The quantitative estimate of drug-likeness (QED) is 0.729. The van der Waals surface area contributed by atoms with Gasteiger partial charge in [0.2, 0.25) is 0 Å². The molecular formula is C12H11Br2N3O3S. The van der Waals surface area contributed by atoms with Crippen LogP contribution >= 0.6 is 43.2 Å². The number of carbonyl (C=O) groups is 1. The summed E-state index contributed by atoms with van der Waals surface area (Å²) in [5.74, 6) is -0.527. The predicted molar refractivity (Wildman–Crippen MR) is 87.6 cm³/mol. The highest BCUT2D eigenvalue weighted by Crippen LogP contribution is 2.24. The second kappa shape index (κ2) is 7.19. The summed E-state index contributed by atoms with van der Waals surface area (Å²) in [4.78, 5) is 24.4. The van der Waals surface area contributed by atoms with Gasteiger partial charge in [-0.3, -0.25) is 9.59 Å². The molecule has 112 valence electrons. The molecule has 2 rings (SSSR count). The minimum Gasteiger partial charge on any atom is -0.468 e. The number of ether oxygens (including phenoxy) is 1. The van der Waals surface area contributed by atoms with Gasteiger partial charge < -0.3 is 10.1 Å². The van der Waals surface area contributed by atoms with Crippen LogP contribution in [0.5, 0.6) is 0 Å². The fraction of sp³-hybridized carbons (Fsp3) is 0.250. The SMILES string of the molecule is COC(=O)Cn1ncc(NCc2ccc(Br)s2)c(Br)c1=O. The van der Waals surface area contributed by atoms with Gasteiger partial charge in [-0.2, -0.15) is 5.10 Å². The van der Waals surface area contributed by atoms with Gasteiger partial charge in [-0.25, -0.2) is 4.68 Å². The molecule has 0 bridgehead atoms. The lowest BCUT2D eigenvalue weighted by atomic mass is 10.4. The molecule has 0 saturated carbocycles. The monoisotopic (exact) mass is 435 g/mol. The second-order valence-electron chi connectivity index (χ2n) is 3.97. The number of nitrogens with one attached hydrogen (secondary N) is 1. The van der Waals surface area contributed by atoms with Gasteiger partial charge in [-0.05, 0) is 44.0 Å². The number of esters is 1. The Labute approximate surface area is 141 Å². The van der Waals surface area contributed by atoms with E-state index in [0.717, 1.165) is 13.3 Å². The van der Waals surface area contributed by atoms with E-state index in [0.29, 0.717) is 16.7 Å². The van der Waals surface area contributed by atoms with E-state index in [1.165, 1.54) is 13.3 Å². The summed E-state index contributed by atoms with van der Waals surface area (Å²) in [5.41, 5.74) is 0.184. The fourth-order valence-electron chi connectivity index (χ4n) is 1.52. The Morgan fingerprint density at radius 3 is 2.86 bits per heavy atom. The molecule has 0 radical (unpaired) electrons. The summed E-state index contributed by atoms with van der Waals surface area (Å²) >= 11 is 8.23. The zero-order valence-corrected chi connectivity index (χ0v) is 14.9. The van der Waals surface area contributed by atoms with Crippen LogP contribution in [-0.2, 0) is 22.6 Å². The van der Waals surface area contributed by atoms with Crippen molar-refractivity contribution in [3.05, 3.63) is 41.8 Å². The molecule has 0 unspecified atom stereocenters.